The molecule has 1 saturated heterocycles. The number of rotatable bonds is 6. The Bertz CT molecular complexity index is 850. The van der Waals surface area contributed by atoms with Crippen molar-refractivity contribution in [2.75, 3.05) is 26.3 Å². The standard InChI is InChI=1S/C14H16F3N3O2.C9H14O/c15-14(16,17)11(18)9-1-3-10(4-2-9)12(22)20-6-5-13(19,7-20)8-21;10-8-4-7-9-5-2-1-3-6-9/h1-4,18,21H,5-8,19H2;2,5-6,10H,1,3-4,7-8H2. The van der Waals surface area contributed by atoms with Crippen LogP contribution in [-0.4, -0.2) is 64.8 Å². The van der Waals surface area contributed by atoms with E-state index in [2.05, 4.69) is 18.2 Å². The number of hydrogen-bond acceptors (Lipinski definition) is 5. The van der Waals surface area contributed by atoms with Gasteiger partial charge in [-0.1, -0.05) is 35.9 Å². The normalized spacial score (nSPS) is 20.4. The monoisotopic (exact) mass is 453 g/mol. The number of nitrogens with one attached hydrogen (secondary N) is 1. The smallest absolute Gasteiger partial charge is 0.396 e. The lowest BCUT2D eigenvalue weighted by Gasteiger charge is -2.22. The minimum absolute atomic E-state index is 0.197. The number of likely N-dealkylation sites (tertiary alicyclic amines) is 1. The molecule has 1 amide bonds. The highest BCUT2D eigenvalue weighted by Gasteiger charge is 2.37. The number of nitrogens with zero attached hydrogens (tertiary/aromatic N) is 1. The molecular formula is C23H30F3N3O3. The summed E-state index contributed by atoms with van der Waals surface area (Å²) in [6.07, 6.45) is 6.66. The van der Waals surface area contributed by atoms with Gasteiger partial charge in [-0.15, -0.1) is 0 Å². The number of benzene rings is 1. The second-order valence-corrected chi connectivity index (χ2v) is 8.03. The molecule has 1 fully saturated rings. The predicted molar refractivity (Wildman–Crippen MR) is 117 cm³/mol. The van der Waals surface area contributed by atoms with E-state index in [1.54, 1.807) is 0 Å². The topological polar surface area (TPSA) is 111 Å². The van der Waals surface area contributed by atoms with Crippen LogP contribution in [0.4, 0.5) is 13.2 Å². The highest BCUT2D eigenvalue weighted by molar-refractivity contribution is 6.03. The van der Waals surface area contributed by atoms with Gasteiger partial charge in [-0.3, -0.25) is 10.2 Å². The van der Waals surface area contributed by atoms with Crippen LogP contribution in [0.3, 0.4) is 0 Å². The first-order chi connectivity index (χ1) is 15.1. The van der Waals surface area contributed by atoms with Crippen LogP contribution in [0.15, 0.2) is 48.1 Å². The average molecular weight is 454 g/mol. The van der Waals surface area contributed by atoms with E-state index in [9.17, 15) is 23.1 Å². The number of allylic oxidation sites excluding steroid dienone is 4. The largest absolute Gasteiger partial charge is 0.433 e. The van der Waals surface area contributed by atoms with Gasteiger partial charge in [-0.05, 0) is 44.2 Å². The molecule has 32 heavy (non-hydrogen) atoms. The van der Waals surface area contributed by atoms with Gasteiger partial charge in [0, 0.05) is 30.8 Å². The summed E-state index contributed by atoms with van der Waals surface area (Å²) in [5.74, 6) is -0.356. The lowest BCUT2D eigenvalue weighted by Crippen LogP contribution is -2.46. The van der Waals surface area contributed by atoms with Gasteiger partial charge >= 0.3 is 6.18 Å². The molecule has 1 aliphatic heterocycles. The predicted octanol–water partition coefficient (Wildman–Crippen LogP) is 3.19. The summed E-state index contributed by atoms with van der Waals surface area (Å²) in [6.45, 7) is 0.655. The second kappa shape index (κ2) is 11.4. The quantitative estimate of drug-likeness (QED) is 0.496. The summed E-state index contributed by atoms with van der Waals surface area (Å²) >= 11 is 0. The minimum atomic E-state index is -4.72. The van der Waals surface area contributed by atoms with Crippen molar-refractivity contribution in [3.8, 4) is 0 Å². The molecule has 1 aliphatic carbocycles. The Kier molecular flexibility index (Phi) is 9.18. The maximum atomic E-state index is 12.4. The minimum Gasteiger partial charge on any atom is -0.396 e. The van der Waals surface area contributed by atoms with E-state index in [1.165, 1.54) is 35.4 Å². The zero-order valence-corrected chi connectivity index (χ0v) is 17.9. The van der Waals surface area contributed by atoms with Gasteiger partial charge in [-0.25, -0.2) is 0 Å². The van der Waals surface area contributed by atoms with E-state index in [0.29, 0.717) is 19.6 Å². The maximum absolute atomic E-state index is 12.4. The van der Waals surface area contributed by atoms with E-state index in [4.69, 9.17) is 16.2 Å². The molecule has 0 bridgehead atoms. The van der Waals surface area contributed by atoms with E-state index in [1.807, 2.05) is 0 Å². The number of nitrogens with two attached hydrogens (primary N) is 1. The van der Waals surface area contributed by atoms with Crippen molar-refractivity contribution in [1.29, 1.82) is 5.41 Å². The SMILES string of the molecule is N=C(c1ccc(C(=O)N2CCC(N)(CO)C2)cc1)C(F)(F)F.OCCCC1=CCCC=C1. The highest BCUT2D eigenvalue weighted by atomic mass is 19.4. The number of carbonyl (C=O) groups excluding carboxylic acids is 1. The van der Waals surface area contributed by atoms with E-state index >= 15 is 0 Å². The van der Waals surface area contributed by atoms with Crippen LogP contribution >= 0.6 is 0 Å². The Labute approximate surface area is 185 Å². The van der Waals surface area contributed by atoms with Crippen molar-refractivity contribution in [3.63, 3.8) is 0 Å². The lowest BCUT2D eigenvalue weighted by atomic mass is 10.0. The number of amides is 1. The van der Waals surface area contributed by atoms with Crippen molar-refractivity contribution < 1.29 is 28.2 Å². The van der Waals surface area contributed by atoms with Crippen molar-refractivity contribution in [2.45, 2.75) is 43.8 Å². The summed E-state index contributed by atoms with van der Waals surface area (Å²) in [7, 11) is 0. The molecule has 6 nitrogen and oxygen atoms in total. The van der Waals surface area contributed by atoms with Crippen LogP contribution in [0.25, 0.3) is 0 Å². The second-order valence-electron chi connectivity index (χ2n) is 8.03. The summed E-state index contributed by atoms with van der Waals surface area (Å²) in [5.41, 5.74) is 4.92. The van der Waals surface area contributed by atoms with E-state index in [0.717, 1.165) is 25.0 Å². The number of alkyl halides is 3. The molecule has 3 rings (SSSR count). The molecule has 1 unspecified atom stereocenters. The molecule has 0 aromatic heterocycles. The molecule has 1 aromatic rings. The molecule has 0 spiro atoms. The fourth-order valence-electron chi connectivity index (χ4n) is 3.46. The Morgan fingerprint density at radius 1 is 1.16 bits per heavy atom. The third-order valence-corrected chi connectivity index (χ3v) is 5.39. The summed E-state index contributed by atoms with van der Waals surface area (Å²) < 4.78 is 37.3. The first kappa shape index (κ1) is 25.8. The number of halogens is 3. The number of aliphatic hydroxyl groups excluding tert-OH is 2. The van der Waals surface area contributed by atoms with E-state index in [-0.39, 0.29) is 30.2 Å². The zero-order valence-electron chi connectivity index (χ0n) is 17.9. The van der Waals surface area contributed by atoms with Gasteiger partial charge in [-0.2, -0.15) is 13.2 Å². The molecule has 1 aromatic carbocycles. The van der Waals surface area contributed by atoms with E-state index < -0.39 is 17.4 Å². The molecule has 176 valence electrons. The number of carbonyl (C=O) groups is 1. The maximum Gasteiger partial charge on any atom is 0.433 e. The summed E-state index contributed by atoms with van der Waals surface area (Å²) in [6, 6.07) is 4.71. The van der Waals surface area contributed by atoms with Crippen LogP contribution in [0.5, 0.6) is 0 Å². The van der Waals surface area contributed by atoms with Gasteiger partial charge in [0.25, 0.3) is 5.91 Å². The highest BCUT2D eigenvalue weighted by Crippen LogP contribution is 2.23. The van der Waals surface area contributed by atoms with Gasteiger partial charge in [0.05, 0.1) is 12.1 Å². The molecular weight excluding hydrogens is 423 g/mol. The first-order valence-electron chi connectivity index (χ1n) is 10.5. The first-order valence-corrected chi connectivity index (χ1v) is 10.5. The van der Waals surface area contributed by atoms with Crippen LogP contribution in [0, 0.1) is 5.41 Å². The molecule has 1 heterocycles. The lowest BCUT2D eigenvalue weighted by molar-refractivity contribution is -0.0587. The molecule has 9 heteroatoms. The van der Waals surface area contributed by atoms with Crippen LogP contribution in [0.2, 0.25) is 0 Å². The van der Waals surface area contributed by atoms with Gasteiger partial charge in [0.2, 0.25) is 0 Å². The average Bonchev–Trinajstić information content (AvgIpc) is 3.20. The third kappa shape index (κ3) is 7.29. The van der Waals surface area contributed by atoms with Gasteiger partial charge in [0.15, 0.2) is 0 Å². The number of hydrogen-bond donors (Lipinski definition) is 4. The van der Waals surface area contributed by atoms with Crippen LogP contribution < -0.4 is 5.73 Å². The van der Waals surface area contributed by atoms with Gasteiger partial charge in [0.1, 0.15) is 5.71 Å². The molecule has 2 aliphatic rings. The van der Waals surface area contributed by atoms with Crippen LogP contribution in [0.1, 0.15) is 48.0 Å². The van der Waals surface area contributed by atoms with Crippen LogP contribution in [-0.2, 0) is 0 Å². The van der Waals surface area contributed by atoms with Crippen molar-refractivity contribution in [3.05, 3.63) is 59.2 Å². The molecule has 1 atom stereocenters. The fourth-order valence-corrected chi connectivity index (χ4v) is 3.46. The molecule has 0 radical (unpaired) electrons. The zero-order chi connectivity index (χ0) is 23.8. The third-order valence-electron chi connectivity index (χ3n) is 5.39. The Morgan fingerprint density at radius 3 is 2.31 bits per heavy atom. The Morgan fingerprint density at radius 2 is 1.81 bits per heavy atom. The molecule has 0 saturated carbocycles. The summed E-state index contributed by atoms with van der Waals surface area (Å²) in [4.78, 5) is 13.7. The number of aliphatic hydroxyl groups is 2. The Hall–Kier alpha value is -2.49. The van der Waals surface area contributed by atoms with Crippen molar-refractivity contribution >= 4 is 11.6 Å². The van der Waals surface area contributed by atoms with Crippen molar-refractivity contribution in [2.24, 2.45) is 5.73 Å². The van der Waals surface area contributed by atoms with Gasteiger partial charge < -0.3 is 20.8 Å². The summed E-state index contributed by atoms with van der Waals surface area (Å²) in [5, 5.41) is 24.8. The fraction of sp³-hybridized carbons (Fsp3) is 0.478. The van der Waals surface area contributed by atoms with Crippen molar-refractivity contribution in [1.82, 2.24) is 4.90 Å². The molecule has 5 N–H and O–H groups in total. The Balaban J connectivity index is 0.000000303.